The summed E-state index contributed by atoms with van der Waals surface area (Å²) in [6.45, 7) is 0.201. The predicted molar refractivity (Wildman–Crippen MR) is 168 cm³/mol. The number of benzene rings is 2. The lowest BCUT2D eigenvalue weighted by atomic mass is 10.1. The van der Waals surface area contributed by atoms with Gasteiger partial charge in [-0.15, -0.1) is 17.3 Å². The highest BCUT2D eigenvalue weighted by Gasteiger charge is 2.15. The zero-order valence-corrected chi connectivity index (χ0v) is 24.8. The molecule has 3 aromatic rings. The number of anilines is 3. The summed E-state index contributed by atoms with van der Waals surface area (Å²) in [5.41, 5.74) is 12.1. The van der Waals surface area contributed by atoms with E-state index in [1.807, 2.05) is 41.8 Å². The molecule has 0 spiro atoms. The van der Waals surface area contributed by atoms with E-state index in [0.29, 0.717) is 42.2 Å². The van der Waals surface area contributed by atoms with Crippen molar-refractivity contribution in [1.29, 1.82) is 0 Å². The predicted octanol–water partition coefficient (Wildman–Crippen LogP) is 6.41. The molecule has 0 radical (unpaired) electrons. The van der Waals surface area contributed by atoms with Gasteiger partial charge in [0.2, 0.25) is 11.8 Å². The van der Waals surface area contributed by atoms with E-state index in [2.05, 4.69) is 32.9 Å². The Morgan fingerprint density at radius 3 is 2.56 bits per heavy atom. The highest BCUT2D eigenvalue weighted by molar-refractivity contribution is 7.14. The van der Waals surface area contributed by atoms with Crippen molar-refractivity contribution in [2.75, 3.05) is 16.4 Å². The molecular weight excluding hydrogens is 566 g/mol. The summed E-state index contributed by atoms with van der Waals surface area (Å²) in [5, 5.41) is 8.03. The van der Waals surface area contributed by atoms with E-state index in [1.54, 1.807) is 12.1 Å². The van der Waals surface area contributed by atoms with E-state index in [0.717, 1.165) is 55.3 Å². The summed E-state index contributed by atoms with van der Waals surface area (Å²) in [6, 6.07) is 14.6. The van der Waals surface area contributed by atoms with Gasteiger partial charge in [0.1, 0.15) is 6.10 Å². The first-order chi connectivity index (χ1) is 20.9. The van der Waals surface area contributed by atoms with Gasteiger partial charge in [-0.25, -0.2) is 15.3 Å². The Bertz CT molecular complexity index is 1430. The largest absolute Gasteiger partial charge is 0.445 e. The highest BCUT2D eigenvalue weighted by atomic mass is 32.1. The number of nitrogen functional groups attached to an aromatic ring is 1. The molecule has 0 saturated heterocycles. The van der Waals surface area contributed by atoms with Crippen LogP contribution in [-0.2, 0) is 25.8 Å². The first-order valence-electron chi connectivity index (χ1n) is 14.5. The quantitative estimate of drug-likeness (QED) is 0.0721. The number of rotatable bonds is 14. The van der Waals surface area contributed by atoms with Crippen molar-refractivity contribution in [3.05, 3.63) is 59.5 Å². The second-order valence-electron chi connectivity index (χ2n) is 10.2. The van der Waals surface area contributed by atoms with Gasteiger partial charge in [-0.05, 0) is 55.5 Å². The van der Waals surface area contributed by atoms with Gasteiger partial charge in [0, 0.05) is 48.0 Å². The lowest BCUT2D eigenvalue weighted by molar-refractivity contribution is -0.134. The van der Waals surface area contributed by atoms with Crippen molar-refractivity contribution in [3.63, 3.8) is 0 Å². The molecule has 1 aliphatic carbocycles. The molecular formula is C32H37N5O5S. The maximum atomic E-state index is 12.3. The van der Waals surface area contributed by atoms with Gasteiger partial charge in [-0.3, -0.25) is 19.7 Å². The van der Waals surface area contributed by atoms with Crippen LogP contribution < -0.4 is 21.8 Å². The number of hydroxylamine groups is 1. The van der Waals surface area contributed by atoms with Crippen LogP contribution in [0.15, 0.2) is 53.9 Å². The normalized spacial score (nSPS) is 14.1. The number of nitrogens with two attached hydrogens (primary N) is 1. The second-order valence-corrected chi connectivity index (χ2v) is 11.1. The summed E-state index contributed by atoms with van der Waals surface area (Å²) in [5.74, 6) is 5.80. The monoisotopic (exact) mass is 603 g/mol. The van der Waals surface area contributed by atoms with Crippen molar-refractivity contribution in [3.8, 4) is 23.1 Å². The van der Waals surface area contributed by atoms with Gasteiger partial charge in [-0.1, -0.05) is 43.0 Å². The SMILES string of the molecule is Nc1cccc(-c2csc(NC(=O)CCCCCCC(=O)NOCc3ccc(NC(=O)OC4CC#CCCC4)cc3)n2)c1. The first kappa shape index (κ1) is 31.5. The molecule has 0 fully saturated rings. The Balaban J connectivity index is 1.02. The Morgan fingerprint density at radius 1 is 0.977 bits per heavy atom. The minimum atomic E-state index is -0.492. The van der Waals surface area contributed by atoms with Crippen LogP contribution in [0.25, 0.3) is 11.3 Å². The number of carbonyl (C=O) groups excluding carboxylic acids is 3. The number of amides is 3. The van der Waals surface area contributed by atoms with Crippen LogP contribution in [0, 0.1) is 11.8 Å². The number of ether oxygens (including phenoxy) is 1. The van der Waals surface area contributed by atoms with Crippen LogP contribution in [0.1, 0.15) is 69.8 Å². The van der Waals surface area contributed by atoms with Crippen LogP contribution in [-0.4, -0.2) is 29.0 Å². The maximum Gasteiger partial charge on any atom is 0.411 e. The molecule has 0 saturated carbocycles. The summed E-state index contributed by atoms with van der Waals surface area (Å²) in [4.78, 5) is 46.3. The molecule has 2 aromatic carbocycles. The number of nitrogens with zero attached hydrogens (tertiary/aromatic N) is 1. The Labute approximate surface area is 255 Å². The van der Waals surface area contributed by atoms with Gasteiger partial charge in [-0.2, -0.15) is 0 Å². The smallest absolute Gasteiger partial charge is 0.411 e. The van der Waals surface area contributed by atoms with Gasteiger partial charge < -0.3 is 15.8 Å². The molecule has 0 bridgehead atoms. The number of unbranched alkanes of at least 4 members (excludes halogenated alkanes) is 3. The minimum absolute atomic E-state index is 0.0755. The molecule has 1 atom stereocenters. The number of aromatic nitrogens is 1. The molecule has 5 N–H and O–H groups in total. The molecule has 0 aliphatic heterocycles. The Kier molecular flexibility index (Phi) is 12.4. The van der Waals surface area contributed by atoms with Gasteiger partial charge >= 0.3 is 6.09 Å². The van der Waals surface area contributed by atoms with Gasteiger partial charge in [0.15, 0.2) is 5.13 Å². The Morgan fingerprint density at radius 2 is 1.77 bits per heavy atom. The molecule has 1 unspecified atom stereocenters. The van der Waals surface area contributed by atoms with Crippen molar-refractivity contribution < 1.29 is 24.0 Å². The van der Waals surface area contributed by atoms with E-state index in [4.69, 9.17) is 15.3 Å². The molecule has 4 rings (SSSR count). The van der Waals surface area contributed by atoms with Crippen molar-refractivity contribution in [1.82, 2.24) is 10.5 Å². The highest BCUT2D eigenvalue weighted by Crippen LogP contribution is 2.26. The second kappa shape index (κ2) is 16.9. The molecule has 1 aromatic heterocycles. The van der Waals surface area contributed by atoms with Crippen LogP contribution in [0.4, 0.5) is 21.3 Å². The third kappa shape index (κ3) is 11.4. The molecule has 10 nitrogen and oxygen atoms in total. The molecule has 11 heteroatoms. The fourth-order valence-electron chi connectivity index (χ4n) is 4.40. The van der Waals surface area contributed by atoms with Crippen molar-refractivity contribution in [2.45, 2.75) is 76.9 Å². The van der Waals surface area contributed by atoms with Crippen molar-refractivity contribution in [2.24, 2.45) is 0 Å². The summed E-state index contributed by atoms with van der Waals surface area (Å²) in [6.07, 6.45) is 6.33. The zero-order chi connectivity index (χ0) is 30.3. The molecule has 1 aliphatic rings. The van der Waals surface area contributed by atoms with Crippen LogP contribution in [0.3, 0.4) is 0 Å². The van der Waals surface area contributed by atoms with Crippen LogP contribution >= 0.6 is 11.3 Å². The van der Waals surface area contributed by atoms with E-state index in [1.165, 1.54) is 11.3 Å². The summed E-state index contributed by atoms with van der Waals surface area (Å²) < 4.78 is 5.45. The number of thiazole rings is 1. The van der Waals surface area contributed by atoms with Gasteiger partial charge in [0.05, 0.1) is 12.3 Å². The zero-order valence-electron chi connectivity index (χ0n) is 24.0. The topological polar surface area (TPSA) is 145 Å². The summed E-state index contributed by atoms with van der Waals surface area (Å²) in [7, 11) is 0. The van der Waals surface area contributed by atoms with E-state index in [9.17, 15) is 14.4 Å². The molecule has 1 heterocycles. The van der Waals surface area contributed by atoms with Crippen LogP contribution in [0.2, 0.25) is 0 Å². The first-order valence-corrected chi connectivity index (χ1v) is 15.4. The third-order valence-corrected chi connectivity index (χ3v) is 7.43. The average Bonchev–Trinajstić information content (AvgIpc) is 3.30. The fourth-order valence-corrected chi connectivity index (χ4v) is 5.13. The molecule has 3 amide bonds. The molecule has 226 valence electrons. The lowest BCUT2D eigenvalue weighted by Crippen LogP contribution is -2.23. The van der Waals surface area contributed by atoms with E-state index in [-0.39, 0.29) is 24.5 Å². The standard InChI is InChI=1S/C32H37N5O5S/c33-25-11-9-10-24(20-25)28-22-43-31(35-28)36-29(38)14-7-3-4-8-15-30(39)37-41-21-23-16-18-26(19-17-23)34-32(40)42-27-12-5-1-2-6-13-27/h9-11,16-20,22,27H,1,3-5,7-8,12-15,21,33H2,(H,34,40)(H,37,39)(H,35,36,38). The third-order valence-electron chi connectivity index (χ3n) is 6.67. The summed E-state index contributed by atoms with van der Waals surface area (Å²) >= 11 is 1.38. The van der Waals surface area contributed by atoms with Crippen molar-refractivity contribution >= 4 is 45.8 Å². The Hall–Kier alpha value is -4.40. The number of hydrogen-bond acceptors (Lipinski definition) is 8. The number of hydrogen-bond donors (Lipinski definition) is 4. The number of carbonyl (C=O) groups is 3. The fraction of sp³-hybridized carbons (Fsp3) is 0.375. The van der Waals surface area contributed by atoms with E-state index < -0.39 is 6.09 Å². The van der Waals surface area contributed by atoms with Gasteiger partial charge in [0.25, 0.3) is 0 Å². The molecule has 43 heavy (non-hydrogen) atoms. The van der Waals surface area contributed by atoms with Crippen LogP contribution in [0.5, 0.6) is 0 Å². The minimum Gasteiger partial charge on any atom is -0.445 e. The lowest BCUT2D eigenvalue weighted by Gasteiger charge is -2.15. The number of nitrogens with one attached hydrogen (secondary N) is 3. The average molecular weight is 604 g/mol. The maximum absolute atomic E-state index is 12.3. The van der Waals surface area contributed by atoms with E-state index >= 15 is 0 Å².